The van der Waals surface area contributed by atoms with E-state index in [-0.39, 0.29) is 5.69 Å². The summed E-state index contributed by atoms with van der Waals surface area (Å²) in [7, 11) is 0. The van der Waals surface area contributed by atoms with Crippen LogP contribution in [0, 0.1) is 0 Å². The van der Waals surface area contributed by atoms with Gasteiger partial charge in [0, 0.05) is 0 Å². The van der Waals surface area contributed by atoms with E-state index in [2.05, 4.69) is 0 Å². The predicted octanol–water partition coefficient (Wildman–Crippen LogP) is 1.97. The molecular formula is C10H13ClN2O. The highest BCUT2D eigenvalue weighted by Crippen LogP contribution is 2.26. The van der Waals surface area contributed by atoms with Crippen molar-refractivity contribution >= 4 is 23.2 Å². The Morgan fingerprint density at radius 3 is 2.64 bits per heavy atom. The van der Waals surface area contributed by atoms with Crippen LogP contribution >= 0.6 is 11.6 Å². The Bertz CT molecular complexity index is 363. The van der Waals surface area contributed by atoms with Gasteiger partial charge in [-0.1, -0.05) is 31.0 Å². The highest BCUT2D eigenvalue weighted by Gasteiger charge is 2.13. The van der Waals surface area contributed by atoms with Crippen LogP contribution in [0.1, 0.15) is 29.3 Å². The average Bonchev–Trinajstić information content (AvgIpc) is 2.11. The Labute approximate surface area is 88.0 Å². The fourth-order valence-corrected chi connectivity index (χ4v) is 1.57. The smallest absolute Gasteiger partial charge is 0.251 e. The lowest BCUT2D eigenvalue weighted by molar-refractivity contribution is 0.100. The van der Waals surface area contributed by atoms with E-state index in [0.717, 1.165) is 18.4 Å². The van der Waals surface area contributed by atoms with Crippen molar-refractivity contribution in [3.05, 3.63) is 28.3 Å². The molecule has 0 saturated heterocycles. The highest BCUT2D eigenvalue weighted by molar-refractivity contribution is 6.34. The molecule has 0 unspecified atom stereocenters. The minimum Gasteiger partial charge on any atom is -0.397 e. The van der Waals surface area contributed by atoms with Crippen LogP contribution in [0.4, 0.5) is 5.69 Å². The molecule has 1 amide bonds. The number of carbonyl (C=O) groups is 1. The minimum atomic E-state index is -0.520. The van der Waals surface area contributed by atoms with Gasteiger partial charge in [0.2, 0.25) is 0 Å². The van der Waals surface area contributed by atoms with Gasteiger partial charge < -0.3 is 11.5 Å². The van der Waals surface area contributed by atoms with Gasteiger partial charge in [-0.05, 0) is 18.1 Å². The molecule has 0 aliphatic heterocycles. The largest absolute Gasteiger partial charge is 0.397 e. The molecule has 3 nitrogen and oxygen atoms in total. The second kappa shape index (κ2) is 4.33. The molecule has 76 valence electrons. The van der Waals surface area contributed by atoms with E-state index < -0.39 is 5.91 Å². The van der Waals surface area contributed by atoms with Crippen molar-refractivity contribution in [2.45, 2.75) is 19.8 Å². The van der Waals surface area contributed by atoms with Gasteiger partial charge >= 0.3 is 0 Å². The Balaban J connectivity index is 3.30. The van der Waals surface area contributed by atoms with E-state index in [0.29, 0.717) is 10.6 Å². The van der Waals surface area contributed by atoms with Crippen molar-refractivity contribution in [1.29, 1.82) is 0 Å². The van der Waals surface area contributed by atoms with Gasteiger partial charge in [-0.15, -0.1) is 0 Å². The van der Waals surface area contributed by atoms with Crippen LogP contribution in [0.15, 0.2) is 12.1 Å². The van der Waals surface area contributed by atoms with Gasteiger partial charge in [0.25, 0.3) is 5.91 Å². The number of amides is 1. The maximum atomic E-state index is 11.2. The first-order chi connectivity index (χ1) is 6.57. The first-order valence-electron chi connectivity index (χ1n) is 4.44. The van der Waals surface area contributed by atoms with Crippen LogP contribution in [0.5, 0.6) is 0 Å². The third-order valence-electron chi connectivity index (χ3n) is 2.04. The van der Waals surface area contributed by atoms with Crippen molar-refractivity contribution in [2.24, 2.45) is 5.73 Å². The van der Waals surface area contributed by atoms with Crippen molar-refractivity contribution in [2.75, 3.05) is 5.73 Å². The number of nitrogens with two attached hydrogens (primary N) is 2. The molecule has 1 aromatic rings. The van der Waals surface area contributed by atoms with E-state index in [9.17, 15) is 4.79 Å². The SMILES string of the molecule is CCCc1ccc(Cl)c(N)c1C(N)=O. The zero-order valence-corrected chi connectivity index (χ0v) is 8.77. The van der Waals surface area contributed by atoms with Crippen molar-refractivity contribution in [3.8, 4) is 0 Å². The first-order valence-corrected chi connectivity index (χ1v) is 4.82. The molecular weight excluding hydrogens is 200 g/mol. The molecule has 0 saturated carbocycles. The summed E-state index contributed by atoms with van der Waals surface area (Å²) in [5.74, 6) is -0.520. The van der Waals surface area contributed by atoms with E-state index >= 15 is 0 Å². The van der Waals surface area contributed by atoms with Gasteiger partial charge in [0.05, 0.1) is 16.3 Å². The number of carbonyl (C=O) groups excluding carboxylic acids is 1. The molecule has 0 spiro atoms. The van der Waals surface area contributed by atoms with Crippen LogP contribution < -0.4 is 11.5 Å². The molecule has 0 bridgehead atoms. The molecule has 0 aliphatic carbocycles. The molecule has 1 aromatic carbocycles. The third-order valence-corrected chi connectivity index (χ3v) is 2.37. The Kier molecular flexibility index (Phi) is 3.36. The molecule has 0 radical (unpaired) electrons. The fourth-order valence-electron chi connectivity index (χ4n) is 1.41. The zero-order valence-electron chi connectivity index (χ0n) is 8.01. The third kappa shape index (κ3) is 1.99. The highest BCUT2D eigenvalue weighted by atomic mass is 35.5. The number of primary amides is 1. The number of hydrogen-bond donors (Lipinski definition) is 2. The summed E-state index contributed by atoms with van der Waals surface area (Å²) in [6, 6.07) is 3.48. The number of hydrogen-bond acceptors (Lipinski definition) is 2. The van der Waals surface area contributed by atoms with Crippen LogP contribution in [0.3, 0.4) is 0 Å². The summed E-state index contributed by atoms with van der Waals surface area (Å²) in [4.78, 5) is 11.2. The normalized spacial score (nSPS) is 10.1. The fraction of sp³-hybridized carbons (Fsp3) is 0.300. The van der Waals surface area contributed by atoms with Gasteiger partial charge in [-0.3, -0.25) is 4.79 Å². The van der Waals surface area contributed by atoms with Crippen LogP contribution in [-0.4, -0.2) is 5.91 Å². The quantitative estimate of drug-likeness (QED) is 0.753. The summed E-state index contributed by atoms with van der Waals surface area (Å²) in [5.41, 5.74) is 12.4. The molecule has 0 aliphatic rings. The van der Waals surface area contributed by atoms with Gasteiger partial charge in [0.15, 0.2) is 0 Å². The summed E-state index contributed by atoms with van der Waals surface area (Å²) in [5, 5.41) is 0.374. The summed E-state index contributed by atoms with van der Waals surface area (Å²) >= 11 is 5.80. The van der Waals surface area contributed by atoms with Crippen LogP contribution in [0.2, 0.25) is 5.02 Å². The van der Waals surface area contributed by atoms with E-state index in [1.165, 1.54) is 0 Å². The van der Waals surface area contributed by atoms with Gasteiger partial charge in [-0.25, -0.2) is 0 Å². The van der Waals surface area contributed by atoms with Crippen molar-refractivity contribution < 1.29 is 4.79 Å². The monoisotopic (exact) mass is 212 g/mol. The maximum absolute atomic E-state index is 11.2. The number of aryl methyl sites for hydroxylation is 1. The van der Waals surface area contributed by atoms with E-state index in [1.807, 2.05) is 6.92 Å². The lowest BCUT2D eigenvalue weighted by Gasteiger charge is -2.09. The number of benzene rings is 1. The van der Waals surface area contributed by atoms with Crippen molar-refractivity contribution in [1.82, 2.24) is 0 Å². The molecule has 4 N–H and O–H groups in total. The Morgan fingerprint density at radius 2 is 2.14 bits per heavy atom. The summed E-state index contributed by atoms with van der Waals surface area (Å²) < 4.78 is 0. The van der Waals surface area contributed by atoms with Gasteiger partial charge in [-0.2, -0.15) is 0 Å². The molecule has 0 fully saturated rings. The minimum absolute atomic E-state index is 0.283. The number of rotatable bonds is 3. The molecule has 1 rings (SSSR count). The molecule has 0 heterocycles. The van der Waals surface area contributed by atoms with Crippen LogP contribution in [-0.2, 0) is 6.42 Å². The Hall–Kier alpha value is -1.22. The molecule has 0 aromatic heterocycles. The number of halogens is 1. The number of nitrogen functional groups attached to an aromatic ring is 1. The summed E-state index contributed by atoms with van der Waals surface area (Å²) in [6.07, 6.45) is 1.71. The first kappa shape index (κ1) is 10.9. The number of anilines is 1. The second-order valence-electron chi connectivity index (χ2n) is 3.11. The van der Waals surface area contributed by atoms with E-state index in [1.54, 1.807) is 12.1 Å². The van der Waals surface area contributed by atoms with Gasteiger partial charge in [0.1, 0.15) is 0 Å². The lowest BCUT2D eigenvalue weighted by atomic mass is 10.0. The van der Waals surface area contributed by atoms with Crippen LogP contribution in [0.25, 0.3) is 0 Å². The standard InChI is InChI=1S/C10H13ClN2O/c1-2-3-6-4-5-7(11)9(12)8(6)10(13)14/h4-5H,2-3,12H2,1H3,(H2,13,14). The molecule has 4 heteroatoms. The van der Waals surface area contributed by atoms with Crippen molar-refractivity contribution in [3.63, 3.8) is 0 Å². The molecule has 14 heavy (non-hydrogen) atoms. The Morgan fingerprint density at radius 1 is 1.50 bits per heavy atom. The topological polar surface area (TPSA) is 69.1 Å². The maximum Gasteiger partial charge on any atom is 0.251 e. The zero-order chi connectivity index (χ0) is 10.7. The lowest BCUT2D eigenvalue weighted by Crippen LogP contribution is -2.16. The molecule has 0 atom stereocenters. The second-order valence-corrected chi connectivity index (χ2v) is 3.52. The predicted molar refractivity (Wildman–Crippen MR) is 58.4 cm³/mol. The summed E-state index contributed by atoms with van der Waals surface area (Å²) in [6.45, 7) is 2.02. The average molecular weight is 213 g/mol. The van der Waals surface area contributed by atoms with E-state index in [4.69, 9.17) is 23.1 Å².